The van der Waals surface area contributed by atoms with E-state index in [9.17, 15) is 8.78 Å². The van der Waals surface area contributed by atoms with Crippen molar-refractivity contribution in [3.8, 4) is 5.82 Å². The molecule has 1 saturated heterocycles. The van der Waals surface area contributed by atoms with Crippen LogP contribution in [0.1, 0.15) is 28.8 Å². The normalized spacial score (nSPS) is 17.0. The Morgan fingerprint density at radius 3 is 2.70 bits per heavy atom. The number of anilines is 3. The predicted octanol–water partition coefficient (Wildman–Crippen LogP) is 3.82. The Morgan fingerprint density at radius 2 is 1.95 bits per heavy atom. The number of piperazine rings is 1. The fraction of sp³-hybridized carbons (Fsp3) is 0.423. The smallest absolute Gasteiger partial charge is 0.224 e. The zero-order valence-electron chi connectivity index (χ0n) is 21.6. The number of nitrogens with two attached hydrogens (primary N) is 1. The van der Waals surface area contributed by atoms with Crippen LogP contribution >= 0.6 is 12.4 Å². The van der Waals surface area contributed by atoms with Crippen molar-refractivity contribution in [3.05, 3.63) is 64.6 Å². The number of fused-ring (bicyclic) bond motifs is 3. The summed E-state index contributed by atoms with van der Waals surface area (Å²) in [6.07, 6.45) is 8.38. The fourth-order valence-corrected chi connectivity index (χ4v) is 5.32. The third-order valence-electron chi connectivity index (χ3n) is 7.19. The lowest BCUT2D eigenvalue weighted by Gasteiger charge is -2.46. The molecule has 8 nitrogen and oxygen atoms in total. The molecular weight excluding hydrogens is 498 g/mol. The van der Waals surface area contributed by atoms with E-state index in [0.29, 0.717) is 23.5 Å². The van der Waals surface area contributed by atoms with Gasteiger partial charge in [-0.3, -0.25) is 0 Å². The minimum atomic E-state index is -0.511. The van der Waals surface area contributed by atoms with Crippen LogP contribution in [-0.4, -0.2) is 64.4 Å². The van der Waals surface area contributed by atoms with Gasteiger partial charge in [0.25, 0.3) is 0 Å². The van der Waals surface area contributed by atoms with Gasteiger partial charge < -0.3 is 20.4 Å². The average Bonchev–Trinajstić information content (AvgIpc) is 3.19. The zero-order valence-corrected chi connectivity index (χ0v) is 22.4. The monoisotopic (exact) mass is 530 g/mol. The van der Waals surface area contributed by atoms with Crippen molar-refractivity contribution < 1.29 is 8.78 Å². The molecule has 0 bridgehead atoms. The van der Waals surface area contributed by atoms with E-state index in [2.05, 4.69) is 37.1 Å². The number of benzene rings is 1. The van der Waals surface area contributed by atoms with Gasteiger partial charge in [-0.2, -0.15) is 15.1 Å². The van der Waals surface area contributed by atoms with E-state index in [-0.39, 0.29) is 24.4 Å². The number of nitrogen functional groups attached to an aromatic ring is 1. The molecule has 2 aliphatic heterocycles. The molecule has 0 aliphatic carbocycles. The van der Waals surface area contributed by atoms with Crippen molar-refractivity contribution in [2.45, 2.75) is 39.2 Å². The van der Waals surface area contributed by atoms with Crippen LogP contribution in [0.5, 0.6) is 0 Å². The van der Waals surface area contributed by atoms with Gasteiger partial charge in [0.15, 0.2) is 5.82 Å². The average molecular weight is 531 g/mol. The third-order valence-corrected chi connectivity index (χ3v) is 7.19. The molecule has 1 fully saturated rings. The highest BCUT2D eigenvalue weighted by molar-refractivity contribution is 5.85. The lowest BCUT2D eigenvalue weighted by atomic mass is 9.93. The molecule has 0 radical (unpaired) electrons. The van der Waals surface area contributed by atoms with Gasteiger partial charge in [-0.25, -0.2) is 13.5 Å². The largest absolute Gasteiger partial charge is 0.374 e. The van der Waals surface area contributed by atoms with Crippen molar-refractivity contribution in [3.63, 3.8) is 0 Å². The van der Waals surface area contributed by atoms with Gasteiger partial charge in [0.1, 0.15) is 17.5 Å². The minimum Gasteiger partial charge on any atom is -0.374 e. The molecule has 2 aromatic heterocycles. The second kappa shape index (κ2) is 10.5. The predicted molar refractivity (Wildman–Crippen MR) is 145 cm³/mol. The molecule has 11 heteroatoms. The lowest BCUT2D eigenvalue weighted by molar-refractivity contribution is 0.281. The molecule has 2 N–H and O–H groups in total. The Morgan fingerprint density at radius 1 is 1.16 bits per heavy atom. The summed E-state index contributed by atoms with van der Waals surface area (Å²) in [6, 6.07) is 2.72. The summed E-state index contributed by atoms with van der Waals surface area (Å²) >= 11 is 0. The van der Waals surface area contributed by atoms with Gasteiger partial charge >= 0.3 is 0 Å². The first-order valence-electron chi connectivity index (χ1n) is 12.2. The van der Waals surface area contributed by atoms with Gasteiger partial charge in [0, 0.05) is 68.3 Å². The first kappa shape index (κ1) is 26.7. The number of aromatic nitrogens is 4. The second-order valence-electron chi connectivity index (χ2n) is 9.77. The summed E-state index contributed by atoms with van der Waals surface area (Å²) in [4.78, 5) is 15.2. The first-order valence-corrected chi connectivity index (χ1v) is 12.2. The number of allylic oxidation sites excluding steroid dienone is 1. The third kappa shape index (κ3) is 5.07. The van der Waals surface area contributed by atoms with Crippen molar-refractivity contribution >= 4 is 29.9 Å². The van der Waals surface area contributed by atoms with Crippen LogP contribution in [0, 0.1) is 25.5 Å². The Labute approximate surface area is 222 Å². The van der Waals surface area contributed by atoms with Crippen LogP contribution in [0.4, 0.5) is 26.2 Å². The van der Waals surface area contributed by atoms with E-state index in [0.717, 1.165) is 61.2 Å². The molecule has 37 heavy (non-hydrogen) atoms. The van der Waals surface area contributed by atoms with Crippen LogP contribution in [0.15, 0.2) is 30.6 Å². The van der Waals surface area contributed by atoms with E-state index in [1.54, 1.807) is 0 Å². The van der Waals surface area contributed by atoms with Crippen molar-refractivity contribution in [1.29, 1.82) is 0 Å². The zero-order chi connectivity index (χ0) is 25.6. The van der Waals surface area contributed by atoms with Crippen LogP contribution in [0.3, 0.4) is 0 Å². The fourth-order valence-electron chi connectivity index (χ4n) is 5.32. The Kier molecular flexibility index (Phi) is 7.59. The van der Waals surface area contributed by atoms with Crippen LogP contribution in [0.25, 0.3) is 5.82 Å². The molecule has 0 spiro atoms. The van der Waals surface area contributed by atoms with Gasteiger partial charge in [-0.1, -0.05) is 6.08 Å². The number of hydrogen-bond donors (Lipinski definition) is 1. The molecule has 2 aliphatic rings. The molecule has 0 saturated carbocycles. The topological polar surface area (TPSA) is 79.3 Å². The maximum absolute atomic E-state index is 14.2. The van der Waals surface area contributed by atoms with E-state index in [1.807, 2.05) is 43.7 Å². The molecule has 3 aromatic rings. The summed E-state index contributed by atoms with van der Waals surface area (Å²) in [5, 5.41) is 4.58. The van der Waals surface area contributed by atoms with Crippen LogP contribution in [0.2, 0.25) is 0 Å². The van der Waals surface area contributed by atoms with Gasteiger partial charge in [0.05, 0.1) is 6.20 Å². The molecule has 1 unspecified atom stereocenters. The van der Waals surface area contributed by atoms with Crippen LogP contribution in [-0.2, 0) is 12.8 Å². The highest BCUT2D eigenvalue weighted by atomic mass is 35.5. The highest BCUT2D eigenvalue weighted by Gasteiger charge is 2.32. The van der Waals surface area contributed by atoms with Crippen molar-refractivity contribution in [2.75, 3.05) is 49.3 Å². The standard InChI is InChI=1S/C26H32F2N8.ClH/c1-16-24(33(3)4)31-26(29)32-25(16)36-17(2)18(14-30-36)6-5-9-34-10-11-35-20(15-34)7-8-21-22(28)12-19(27)13-23(21)35;/h5,9,12-14,20H,6-8,10-11,15H2,1-4H3,(H2,29,31,32);1H/b9-5+;. The Bertz CT molecular complexity index is 1320. The molecule has 5 rings (SSSR count). The van der Waals surface area contributed by atoms with Crippen molar-refractivity contribution in [2.24, 2.45) is 0 Å². The number of halogens is 3. The Balaban J connectivity index is 0.00000320. The number of hydrogen-bond acceptors (Lipinski definition) is 7. The van der Waals surface area contributed by atoms with E-state index >= 15 is 0 Å². The summed E-state index contributed by atoms with van der Waals surface area (Å²) in [5.74, 6) is 0.720. The molecule has 198 valence electrons. The molecule has 4 heterocycles. The van der Waals surface area contributed by atoms with Gasteiger partial charge in [-0.05, 0) is 50.9 Å². The van der Waals surface area contributed by atoms with Crippen molar-refractivity contribution in [1.82, 2.24) is 24.6 Å². The minimum absolute atomic E-state index is 0. The molecule has 0 amide bonds. The second-order valence-corrected chi connectivity index (χ2v) is 9.77. The summed E-state index contributed by atoms with van der Waals surface area (Å²) < 4.78 is 29.9. The number of rotatable bonds is 5. The maximum atomic E-state index is 14.2. The van der Waals surface area contributed by atoms with E-state index < -0.39 is 11.6 Å². The summed E-state index contributed by atoms with van der Waals surface area (Å²) in [7, 11) is 3.85. The maximum Gasteiger partial charge on any atom is 0.224 e. The van der Waals surface area contributed by atoms with E-state index in [4.69, 9.17) is 5.73 Å². The summed E-state index contributed by atoms with van der Waals surface area (Å²) in [5.41, 5.74) is 10.3. The highest BCUT2D eigenvalue weighted by Crippen LogP contribution is 2.35. The lowest BCUT2D eigenvalue weighted by Crippen LogP contribution is -2.53. The molecule has 1 atom stereocenters. The first-order chi connectivity index (χ1) is 17.2. The van der Waals surface area contributed by atoms with E-state index in [1.165, 1.54) is 6.07 Å². The molecule has 1 aromatic carbocycles. The van der Waals surface area contributed by atoms with Gasteiger partial charge in [0.2, 0.25) is 5.95 Å². The number of nitrogens with zero attached hydrogens (tertiary/aromatic N) is 7. The Hall–Kier alpha value is -3.40. The van der Waals surface area contributed by atoms with Gasteiger partial charge in [-0.15, -0.1) is 12.4 Å². The molecular formula is C26H33ClF2N8. The SMILES string of the molecule is Cc1c(N(C)C)nc(N)nc1-n1ncc(C/C=C/N2CCN3c4cc(F)cc(F)c4CCC3C2)c1C.Cl. The van der Waals surface area contributed by atoms with Crippen LogP contribution < -0.4 is 15.5 Å². The summed E-state index contributed by atoms with van der Waals surface area (Å²) in [6.45, 7) is 6.37. The quantitative estimate of drug-likeness (QED) is 0.537.